The van der Waals surface area contributed by atoms with Crippen molar-refractivity contribution in [1.82, 2.24) is 19.9 Å². The first-order chi connectivity index (χ1) is 9.67. The van der Waals surface area contributed by atoms with E-state index >= 15 is 0 Å². The van der Waals surface area contributed by atoms with Gasteiger partial charge in [0.1, 0.15) is 11.0 Å². The van der Waals surface area contributed by atoms with Crippen LogP contribution in [0.3, 0.4) is 0 Å². The van der Waals surface area contributed by atoms with Gasteiger partial charge < -0.3 is 9.88 Å². The van der Waals surface area contributed by atoms with E-state index in [1.165, 1.54) is 11.4 Å². The lowest BCUT2D eigenvalue weighted by Gasteiger charge is -2.17. The predicted molar refractivity (Wildman–Crippen MR) is 84.2 cm³/mol. The molecule has 5 heteroatoms. The molecule has 0 saturated carbocycles. The molecule has 0 radical (unpaired) electrons. The summed E-state index contributed by atoms with van der Waals surface area (Å²) in [5.41, 5.74) is 2.38. The number of aromatic nitrogens is 3. The average molecular weight is 292 g/mol. The Morgan fingerprint density at radius 1 is 1.35 bits per heavy atom. The number of rotatable bonds is 7. The van der Waals surface area contributed by atoms with Crippen molar-refractivity contribution in [3.05, 3.63) is 34.3 Å². The van der Waals surface area contributed by atoms with Crippen molar-refractivity contribution >= 4 is 11.3 Å². The third-order valence-corrected chi connectivity index (χ3v) is 4.29. The molecule has 2 aromatic heterocycles. The number of nitrogens with zero attached hydrogens (tertiary/aromatic N) is 3. The van der Waals surface area contributed by atoms with E-state index in [1.807, 2.05) is 12.5 Å². The molecule has 0 saturated heterocycles. The topological polar surface area (TPSA) is 42.7 Å². The molecule has 1 N–H and O–H groups in total. The van der Waals surface area contributed by atoms with Gasteiger partial charge in [-0.2, -0.15) is 0 Å². The SMILES string of the molecule is CCCNC(c1nc(C(C)C)cs1)c1cncn1CC. The molecule has 4 nitrogen and oxygen atoms in total. The fourth-order valence-corrected chi connectivity index (χ4v) is 3.21. The minimum Gasteiger partial charge on any atom is -0.333 e. The summed E-state index contributed by atoms with van der Waals surface area (Å²) in [4.78, 5) is 9.10. The van der Waals surface area contributed by atoms with Gasteiger partial charge in [0.2, 0.25) is 0 Å². The minimum atomic E-state index is 0.148. The molecule has 2 rings (SSSR count). The van der Waals surface area contributed by atoms with Crippen LogP contribution in [0.1, 0.15) is 62.5 Å². The van der Waals surface area contributed by atoms with Crippen LogP contribution in [0.5, 0.6) is 0 Å². The maximum atomic E-state index is 4.81. The van der Waals surface area contributed by atoms with Crippen molar-refractivity contribution in [2.45, 2.75) is 52.6 Å². The van der Waals surface area contributed by atoms with Crippen molar-refractivity contribution in [1.29, 1.82) is 0 Å². The zero-order valence-electron chi connectivity index (χ0n) is 12.8. The summed E-state index contributed by atoms with van der Waals surface area (Å²) >= 11 is 1.74. The van der Waals surface area contributed by atoms with Crippen molar-refractivity contribution in [2.75, 3.05) is 6.54 Å². The van der Waals surface area contributed by atoms with Gasteiger partial charge >= 0.3 is 0 Å². The average Bonchev–Trinajstić information content (AvgIpc) is 3.08. The molecule has 2 heterocycles. The fraction of sp³-hybridized carbons (Fsp3) is 0.600. The zero-order valence-corrected chi connectivity index (χ0v) is 13.6. The Labute approximate surface area is 125 Å². The standard InChI is InChI=1S/C15H24N4S/c1-5-7-17-14(13-8-16-10-19(13)6-2)15-18-12(9-20-15)11(3)4/h8-11,14,17H,5-7H2,1-4H3. The van der Waals surface area contributed by atoms with Gasteiger partial charge in [0, 0.05) is 11.9 Å². The molecule has 1 unspecified atom stereocenters. The monoisotopic (exact) mass is 292 g/mol. The second-order valence-corrected chi connectivity index (χ2v) is 6.15. The predicted octanol–water partition coefficient (Wildman–Crippen LogP) is 3.57. The number of nitrogens with one attached hydrogen (secondary N) is 1. The highest BCUT2D eigenvalue weighted by molar-refractivity contribution is 7.09. The third kappa shape index (κ3) is 3.27. The van der Waals surface area contributed by atoms with Gasteiger partial charge in [-0.05, 0) is 25.8 Å². The van der Waals surface area contributed by atoms with Gasteiger partial charge in [0.25, 0.3) is 0 Å². The molecule has 1 atom stereocenters. The number of imidazole rings is 1. The number of aryl methyl sites for hydroxylation is 1. The normalized spacial score (nSPS) is 13.1. The summed E-state index contributed by atoms with van der Waals surface area (Å²) < 4.78 is 2.18. The number of thiazole rings is 1. The van der Waals surface area contributed by atoms with Crippen LogP contribution in [-0.2, 0) is 6.54 Å². The van der Waals surface area contributed by atoms with Crippen LogP contribution < -0.4 is 5.32 Å². The van der Waals surface area contributed by atoms with Gasteiger partial charge in [-0.25, -0.2) is 9.97 Å². The van der Waals surface area contributed by atoms with Crippen LogP contribution in [-0.4, -0.2) is 21.1 Å². The lowest BCUT2D eigenvalue weighted by atomic mass is 10.1. The molecule has 0 aliphatic rings. The molecule has 0 aliphatic carbocycles. The Morgan fingerprint density at radius 2 is 2.15 bits per heavy atom. The van der Waals surface area contributed by atoms with E-state index in [-0.39, 0.29) is 6.04 Å². The largest absolute Gasteiger partial charge is 0.333 e. The first-order valence-electron chi connectivity index (χ1n) is 7.36. The first-order valence-corrected chi connectivity index (χ1v) is 8.24. The lowest BCUT2D eigenvalue weighted by Crippen LogP contribution is -2.25. The molecule has 20 heavy (non-hydrogen) atoms. The molecule has 0 aliphatic heterocycles. The van der Waals surface area contributed by atoms with E-state index in [1.54, 1.807) is 11.3 Å². The summed E-state index contributed by atoms with van der Waals surface area (Å²) in [6, 6.07) is 0.148. The lowest BCUT2D eigenvalue weighted by molar-refractivity contribution is 0.552. The molecule has 0 amide bonds. The minimum absolute atomic E-state index is 0.148. The van der Waals surface area contributed by atoms with Crippen LogP contribution in [0.2, 0.25) is 0 Å². The van der Waals surface area contributed by atoms with E-state index in [2.05, 4.69) is 47.9 Å². The van der Waals surface area contributed by atoms with E-state index < -0.39 is 0 Å². The molecule has 0 spiro atoms. The summed E-state index contributed by atoms with van der Waals surface area (Å²) in [6.07, 6.45) is 4.96. The molecule has 0 fully saturated rings. The van der Waals surface area contributed by atoms with Crippen LogP contribution in [0.25, 0.3) is 0 Å². The van der Waals surface area contributed by atoms with E-state index in [0.717, 1.165) is 24.5 Å². The van der Waals surface area contributed by atoms with E-state index in [0.29, 0.717) is 5.92 Å². The summed E-state index contributed by atoms with van der Waals surface area (Å²) in [7, 11) is 0. The Balaban J connectivity index is 2.31. The highest BCUT2D eigenvalue weighted by atomic mass is 32.1. The summed E-state index contributed by atoms with van der Waals surface area (Å²) in [5.74, 6) is 0.475. The Hall–Kier alpha value is -1.20. The number of hydrogen-bond acceptors (Lipinski definition) is 4. The quantitative estimate of drug-likeness (QED) is 0.848. The fourth-order valence-electron chi connectivity index (χ4n) is 2.14. The molecular weight excluding hydrogens is 268 g/mol. The van der Waals surface area contributed by atoms with Crippen molar-refractivity contribution < 1.29 is 0 Å². The van der Waals surface area contributed by atoms with Crippen LogP contribution >= 0.6 is 11.3 Å². The van der Waals surface area contributed by atoms with Crippen molar-refractivity contribution in [3.8, 4) is 0 Å². The summed E-state index contributed by atoms with van der Waals surface area (Å²) in [5, 5.41) is 6.91. The molecular formula is C15H24N4S. The first kappa shape index (κ1) is 15.2. The van der Waals surface area contributed by atoms with E-state index in [9.17, 15) is 0 Å². The molecule has 110 valence electrons. The van der Waals surface area contributed by atoms with Crippen LogP contribution in [0.15, 0.2) is 17.9 Å². The smallest absolute Gasteiger partial charge is 0.116 e. The Bertz CT molecular complexity index is 529. The van der Waals surface area contributed by atoms with Crippen LogP contribution in [0.4, 0.5) is 0 Å². The number of hydrogen-bond donors (Lipinski definition) is 1. The van der Waals surface area contributed by atoms with Crippen LogP contribution in [0, 0.1) is 0 Å². The maximum Gasteiger partial charge on any atom is 0.116 e. The van der Waals surface area contributed by atoms with Gasteiger partial charge in [-0.3, -0.25) is 0 Å². The van der Waals surface area contributed by atoms with Crippen molar-refractivity contribution in [2.24, 2.45) is 0 Å². The molecule has 2 aromatic rings. The maximum absolute atomic E-state index is 4.81. The zero-order chi connectivity index (χ0) is 14.5. The van der Waals surface area contributed by atoms with Gasteiger partial charge in [0.05, 0.1) is 23.9 Å². The van der Waals surface area contributed by atoms with E-state index in [4.69, 9.17) is 4.98 Å². The highest BCUT2D eigenvalue weighted by Gasteiger charge is 2.21. The van der Waals surface area contributed by atoms with Gasteiger partial charge in [0.15, 0.2) is 0 Å². The summed E-state index contributed by atoms with van der Waals surface area (Å²) in [6.45, 7) is 10.6. The Kier molecular flexibility index (Phi) is 5.31. The second-order valence-electron chi connectivity index (χ2n) is 5.26. The molecule has 0 aromatic carbocycles. The van der Waals surface area contributed by atoms with Crippen molar-refractivity contribution in [3.63, 3.8) is 0 Å². The highest BCUT2D eigenvalue weighted by Crippen LogP contribution is 2.27. The van der Waals surface area contributed by atoms with Gasteiger partial charge in [-0.15, -0.1) is 11.3 Å². The van der Waals surface area contributed by atoms with Gasteiger partial charge in [-0.1, -0.05) is 20.8 Å². The Morgan fingerprint density at radius 3 is 2.75 bits per heavy atom. The molecule has 0 bridgehead atoms. The third-order valence-electron chi connectivity index (χ3n) is 3.36. The second kappa shape index (κ2) is 6.99.